The minimum Gasteiger partial charge on any atom is -0.339 e. The van der Waals surface area contributed by atoms with E-state index in [4.69, 9.17) is 5.10 Å². The topological polar surface area (TPSA) is 76.0 Å². The number of carbonyl (C=O) groups excluding carboxylic acids is 2. The van der Waals surface area contributed by atoms with Crippen LogP contribution in [0.25, 0.3) is 5.69 Å². The maximum atomic E-state index is 13.3. The van der Waals surface area contributed by atoms with Gasteiger partial charge in [0.25, 0.3) is 5.91 Å². The van der Waals surface area contributed by atoms with Gasteiger partial charge >= 0.3 is 0 Å². The normalized spacial score (nSPS) is 17.3. The Morgan fingerprint density at radius 3 is 2.16 bits per heavy atom. The number of rotatable bonds is 4. The molecule has 0 aliphatic carbocycles. The molecule has 2 atom stereocenters. The van der Waals surface area contributed by atoms with Gasteiger partial charge in [0, 0.05) is 17.0 Å². The van der Waals surface area contributed by atoms with E-state index >= 15 is 0 Å². The van der Waals surface area contributed by atoms with Gasteiger partial charge in [0.05, 0.1) is 11.4 Å². The SMILES string of the molecule is Cc1nn(-c2ccccc2)c2c1[C@@H](c1ccccc1)[C@@H](NC(=O)c1ccccc1)C(=O)N2. The molecule has 0 saturated carbocycles. The molecule has 0 unspecified atom stereocenters. The molecule has 1 aliphatic rings. The predicted octanol–water partition coefficient (Wildman–Crippen LogP) is 4.06. The third-order valence-electron chi connectivity index (χ3n) is 5.76. The second kappa shape index (κ2) is 8.15. The highest BCUT2D eigenvalue weighted by Gasteiger charge is 2.41. The van der Waals surface area contributed by atoms with Crippen molar-refractivity contribution in [2.45, 2.75) is 18.9 Å². The summed E-state index contributed by atoms with van der Waals surface area (Å²) in [4.78, 5) is 26.3. The summed E-state index contributed by atoms with van der Waals surface area (Å²) >= 11 is 0. The molecule has 158 valence electrons. The van der Waals surface area contributed by atoms with Crippen LogP contribution in [0.15, 0.2) is 91.0 Å². The third-order valence-corrected chi connectivity index (χ3v) is 5.76. The van der Waals surface area contributed by atoms with Gasteiger partial charge in [-0.1, -0.05) is 66.7 Å². The first-order valence-electron chi connectivity index (χ1n) is 10.5. The van der Waals surface area contributed by atoms with Crippen LogP contribution in [0.4, 0.5) is 5.82 Å². The molecule has 4 aromatic rings. The van der Waals surface area contributed by atoms with E-state index in [-0.39, 0.29) is 17.7 Å². The van der Waals surface area contributed by atoms with Gasteiger partial charge in [-0.05, 0) is 36.8 Å². The Morgan fingerprint density at radius 2 is 1.50 bits per heavy atom. The summed E-state index contributed by atoms with van der Waals surface area (Å²) in [6, 6.07) is 27.6. The van der Waals surface area contributed by atoms with Crippen LogP contribution in [0.2, 0.25) is 0 Å². The Bertz CT molecular complexity index is 1270. The molecule has 2 heterocycles. The standard InChI is InChI=1S/C26H22N4O2/c1-17-21-22(18-11-5-2-6-12-18)23(27-25(31)19-13-7-3-8-14-19)26(32)28-24(21)30(29-17)20-15-9-4-10-16-20/h2-16,22-23H,1H3,(H,27,31)(H,28,32)/t22-,23-/m1/s1. The van der Waals surface area contributed by atoms with Gasteiger partial charge < -0.3 is 10.6 Å². The Labute approximate surface area is 185 Å². The van der Waals surface area contributed by atoms with Crippen molar-refractivity contribution in [3.05, 3.63) is 113 Å². The number of para-hydroxylation sites is 1. The summed E-state index contributed by atoms with van der Waals surface area (Å²) < 4.78 is 1.76. The van der Waals surface area contributed by atoms with Gasteiger partial charge in [-0.15, -0.1) is 0 Å². The van der Waals surface area contributed by atoms with Crippen LogP contribution in [0.5, 0.6) is 0 Å². The quantitative estimate of drug-likeness (QED) is 0.521. The number of benzene rings is 3. The lowest BCUT2D eigenvalue weighted by Crippen LogP contribution is -2.50. The fourth-order valence-corrected chi connectivity index (χ4v) is 4.28. The van der Waals surface area contributed by atoms with Crippen LogP contribution in [0, 0.1) is 6.92 Å². The highest BCUT2D eigenvalue weighted by Crippen LogP contribution is 2.40. The number of hydrogen-bond donors (Lipinski definition) is 2. The van der Waals surface area contributed by atoms with Gasteiger partial charge in [0.1, 0.15) is 11.9 Å². The molecule has 0 bridgehead atoms. The average Bonchev–Trinajstić information content (AvgIpc) is 3.16. The van der Waals surface area contributed by atoms with E-state index in [0.29, 0.717) is 11.4 Å². The summed E-state index contributed by atoms with van der Waals surface area (Å²) in [5, 5.41) is 10.7. The van der Waals surface area contributed by atoms with E-state index in [9.17, 15) is 9.59 Å². The number of anilines is 1. The zero-order chi connectivity index (χ0) is 22.1. The number of hydrogen-bond acceptors (Lipinski definition) is 3. The van der Waals surface area contributed by atoms with Gasteiger partial charge in [0.15, 0.2) is 0 Å². The number of amides is 2. The number of aryl methyl sites for hydroxylation is 1. The average molecular weight is 422 g/mol. The number of fused-ring (bicyclic) bond motifs is 1. The molecule has 1 aromatic heterocycles. The molecule has 0 spiro atoms. The molecule has 6 nitrogen and oxygen atoms in total. The fraction of sp³-hybridized carbons (Fsp3) is 0.115. The largest absolute Gasteiger partial charge is 0.339 e. The lowest BCUT2D eigenvalue weighted by molar-refractivity contribution is -0.118. The lowest BCUT2D eigenvalue weighted by atomic mass is 9.82. The van der Waals surface area contributed by atoms with Crippen molar-refractivity contribution in [3.63, 3.8) is 0 Å². The summed E-state index contributed by atoms with van der Waals surface area (Å²) in [6.07, 6.45) is 0. The van der Waals surface area contributed by atoms with Crippen molar-refractivity contribution in [2.24, 2.45) is 0 Å². The van der Waals surface area contributed by atoms with Crippen molar-refractivity contribution in [1.82, 2.24) is 15.1 Å². The van der Waals surface area contributed by atoms with Gasteiger partial charge in [-0.2, -0.15) is 5.10 Å². The van der Waals surface area contributed by atoms with Gasteiger partial charge in [-0.3, -0.25) is 9.59 Å². The van der Waals surface area contributed by atoms with Crippen LogP contribution in [0.3, 0.4) is 0 Å². The molecule has 1 aliphatic heterocycles. The number of carbonyl (C=O) groups is 2. The predicted molar refractivity (Wildman–Crippen MR) is 123 cm³/mol. The molecule has 0 saturated heterocycles. The van der Waals surface area contributed by atoms with Gasteiger partial charge in [-0.25, -0.2) is 4.68 Å². The van der Waals surface area contributed by atoms with Crippen LogP contribution >= 0.6 is 0 Å². The Kier molecular flexibility index (Phi) is 5.03. The highest BCUT2D eigenvalue weighted by atomic mass is 16.2. The van der Waals surface area contributed by atoms with Crippen molar-refractivity contribution >= 4 is 17.6 Å². The van der Waals surface area contributed by atoms with E-state index in [1.807, 2.05) is 73.7 Å². The molecular weight excluding hydrogens is 400 g/mol. The monoisotopic (exact) mass is 422 g/mol. The smallest absolute Gasteiger partial charge is 0.251 e. The second-order valence-electron chi connectivity index (χ2n) is 7.79. The van der Waals surface area contributed by atoms with E-state index in [1.54, 1.807) is 28.9 Å². The van der Waals surface area contributed by atoms with E-state index in [1.165, 1.54) is 0 Å². The second-order valence-corrected chi connectivity index (χ2v) is 7.79. The first kappa shape index (κ1) is 19.8. The van der Waals surface area contributed by atoms with Crippen molar-refractivity contribution in [2.75, 3.05) is 5.32 Å². The molecule has 2 N–H and O–H groups in total. The number of nitrogens with one attached hydrogen (secondary N) is 2. The zero-order valence-electron chi connectivity index (χ0n) is 17.5. The third kappa shape index (κ3) is 3.46. The van der Waals surface area contributed by atoms with Gasteiger partial charge in [0.2, 0.25) is 5.91 Å². The van der Waals surface area contributed by atoms with Crippen LogP contribution in [-0.2, 0) is 4.79 Å². The maximum Gasteiger partial charge on any atom is 0.251 e. The van der Waals surface area contributed by atoms with Crippen molar-refractivity contribution in [1.29, 1.82) is 0 Å². The fourth-order valence-electron chi connectivity index (χ4n) is 4.28. The lowest BCUT2D eigenvalue weighted by Gasteiger charge is -2.32. The maximum absolute atomic E-state index is 13.3. The molecule has 6 heteroatoms. The molecule has 0 radical (unpaired) electrons. The Hall–Kier alpha value is -4.19. The highest BCUT2D eigenvalue weighted by molar-refractivity contribution is 6.04. The molecular formula is C26H22N4O2. The van der Waals surface area contributed by atoms with Crippen molar-refractivity contribution < 1.29 is 9.59 Å². The van der Waals surface area contributed by atoms with Crippen molar-refractivity contribution in [3.8, 4) is 5.69 Å². The molecule has 3 aromatic carbocycles. The molecule has 5 rings (SSSR count). The summed E-state index contributed by atoms with van der Waals surface area (Å²) in [6.45, 7) is 1.93. The first-order valence-corrected chi connectivity index (χ1v) is 10.5. The number of nitrogens with zero attached hydrogens (tertiary/aromatic N) is 2. The van der Waals surface area contributed by atoms with Crippen LogP contribution in [-0.4, -0.2) is 27.6 Å². The molecule has 32 heavy (non-hydrogen) atoms. The summed E-state index contributed by atoms with van der Waals surface area (Å²) in [5.74, 6) is -0.293. The van der Waals surface area contributed by atoms with E-state index < -0.39 is 6.04 Å². The molecule has 0 fully saturated rings. The van der Waals surface area contributed by atoms with E-state index in [2.05, 4.69) is 10.6 Å². The van der Waals surface area contributed by atoms with E-state index in [0.717, 1.165) is 22.5 Å². The molecule has 2 amide bonds. The Morgan fingerprint density at radius 1 is 0.906 bits per heavy atom. The van der Waals surface area contributed by atoms with Crippen LogP contribution < -0.4 is 10.6 Å². The Balaban J connectivity index is 1.62. The minimum absolute atomic E-state index is 0.271. The minimum atomic E-state index is -0.773. The number of aromatic nitrogens is 2. The summed E-state index contributed by atoms with van der Waals surface area (Å²) in [5.41, 5.74) is 4.01. The zero-order valence-corrected chi connectivity index (χ0v) is 17.5. The van der Waals surface area contributed by atoms with Crippen LogP contribution in [0.1, 0.15) is 33.1 Å². The first-order chi connectivity index (χ1) is 15.6. The summed E-state index contributed by atoms with van der Waals surface area (Å²) in [7, 11) is 0.